The highest BCUT2D eigenvalue weighted by Gasteiger charge is 2.38. The Morgan fingerprint density at radius 2 is 2.12 bits per heavy atom. The second kappa shape index (κ2) is 6.30. The maximum Gasteiger partial charge on any atom is 0.471 e. The monoisotopic (exact) mass is 327 g/mol. The average molecular weight is 328 g/mol. The molecular formula is C10H9BrF3NOS. The van der Waals surface area contributed by atoms with Gasteiger partial charge in [-0.15, -0.1) is 11.8 Å². The van der Waals surface area contributed by atoms with Crippen molar-refractivity contribution in [3.8, 4) is 0 Å². The van der Waals surface area contributed by atoms with Crippen LogP contribution in [0.5, 0.6) is 0 Å². The zero-order chi connectivity index (χ0) is 12.9. The standard InChI is InChI=1S/C10H9BrF3NOS/c11-7-2-1-3-8(6-7)17-5-4-15-9(16)10(12,13)14/h1-3,6H,4-5H2,(H,15,16). The molecule has 1 rings (SSSR count). The number of rotatable bonds is 4. The number of alkyl halides is 3. The van der Waals surface area contributed by atoms with Crippen molar-refractivity contribution in [2.75, 3.05) is 12.3 Å². The minimum atomic E-state index is -4.81. The summed E-state index contributed by atoms with van der Waals surface area (Å²) in [6.45, 7) is -0.0183. The van der Waals surface area contributed by atoms with E-state index >= 15 is 0 Å². The molecule has 0 atom stereocenters. The molecule has 0 saturated carbocycles. The normalized spacial score (nSPS) is 11.3. The quantitative estimate of drug-likeness (QED) is 0.679. The van der Waals surface area contributed by atoms with Gasteiger partial charge in [0.15, 0.2) is 0 Å². The molecule has 2 nitrogen and oxygen atoms in total. The highest BCUT2D eigenvalue weighted by atomic mass is 79.9. The molecule has 0 heterocycles. The summed E-state index contributed by atoms with van der Waals surface area (Å²) in [7, 11) is 0. The zero-order valence-electron chi connectivity index (χ0n) is 8.55. The summed E-state index contributed by atoms with van der Waals surface area (Å²) in [5.41, 5.74) is 0. The Balaban J connectivity index is 2.28. The third kappa shape index (κ3) is 5.45. The summed E-state index contributed by atoms with van der Waals surface area (Å²) in [6.07, 6.45) is -4.81. The maximum atomic E-state index is 11.8. The van der Waals surface area contributed by atoms with Crippen molar-refractivity contribution in [3.05, 3.63) is 28.7 Å². The zero-order valence-corrected chi connectivity index (χ0v) is 11.0. The lowest BCUT2D eigenvalue weighted by atomic mass is 10.4. The van der Waals surface area contributed by atoms with Gasteiger partial charge < -0.3 is 5.32 Å². The van der Waals surface area contributed by atoms with E-state index in [1.165, 1.54) is 11.8 Å². The first kappa shape index (κ1) is 14.4. The fourth-order valence-electron chi connectivity index (χ4n) is 0.990. The number of hydrogen-bond donors (Lipinski definition) is 1. The van der Waals surface area contributed by atoms with Crippen molar-refractivity contribution in [2.45, 2.75) is 11.1 Å². The first-order chi connectivity index (χ1) is 7.89. The first-order valence-electron chi connectivity index (χ1n) is 4.63. The van der Waals surface area contributed by atoms with E-state index in [1.807, 2.05) is 29.6 Å². The van der Waals surface area contributed by atoms with E-state index in [2.05, 4.69) is 15.9 Å². The molecule has 0 bridgehead atoms. The van der Waals surface area contributed by atoms with E-state index in [0.717, 1.165) is 9.37 Å². The molecule has 0 spiro atoms. The van der Waals surface area contributed by atoms with E-state index < -0.39 is 12.1 Å². The van der Waals surface area contributed by atoms with Crippen molar-refractivity contribution in [3.63, 3.8) is 0 Å². The molecule has 0 unspecified atom stereocenters. The molecule has 0 aliphatic rings. The molecule has 94 valence electrons. The number of benzene rings is 1. The lowest BCUT2D eigenvalue weighted by Crippen LogP contribution is -2.37. The third-order valence-corrected chi connectivity index (χ3v) is 3.20. The van der Waals surface area contributed by atoms with Crippen LogP contribution in [0.25, 0.3) is 0 Å². The maximum absolute atomic E-state index is 11.8. The van der Waals surface area contributed by atoms with Gasteiger partial charge in [-0.1, -0.05) is 22.0 Å². The van der Waals surface area contributed by atoms with Crippen LogP contribution in [0.4, 0.5) is 13.2 Å². The molecule has 0 aromatic heterocycles. The first-order valence-corrected chi connectivity index (χ1v) is 6.41. The summed E-state index contributed by atoms with van der Waals surface area (Å²) < 4.78 is 36.4. The SMILES string of the molecule is O=C(NCCSc1cccc(Br)c1)C(F)(F)F. The van der Waals surface area contributed by atoms with Gasteiger partial charge in [-0.25, -0.2) is 0 Å². The number of amides is 1. The lowest BCUT2D eigenvalue weighted by molar-refractivity contribution is -0.173. The molecule has 1 aromatic carbocycles. The van der Waals surface area contributed by atoms with Crippen molar-refractivity contribution in [2.24, 2.45) is 0 Å². The predicted molar refractivity (Wildman–Crippen MR) is 63.9 cm³/mol. The summed E-state index contributed by atoms with van der Waals surface area (Å²) in [4.78, 5) is 11.4. The van der Waals surface area contributed by atoms with Crippen molar-refractivity contribution in [1.82, 2.24) is 5.32 Å². The number of thioether (sulfide) groups is 1. The van der Waals surface area contributed by atoms with Crippen LogP contribution in [0.2, 0.25) is 0 Å². The summed E-state index contributed by atoms with van der Waals surface area (Å²) in [5.74, 6) is -1.51. The number of halogens is 4. The molecule has 17 heavy (non-hydrogen) atoms. The Kier molecular flexibility index (Phi) is 5.32. The van der Waals surface area contributed by atoms with Crippen LogP contribution in [-0.2, 0) is 4.79 Å². The average Bonchev–Trinajstić information content (AvgIpc) is 2.23. The Morgan fingerprint density at radius 3 is 2.71 bits per heavy atom. The molecule has 1 aromatic rings. The van der Waals surface area contributed by atoms with Crippen LogP contribution in [0.3, 0.4) is 0 Å². The number of hydrogen-bond acceptors (Lipinski definition) is 2. The molecule has 0 aliphatic heterocycles. The molecule has 1 amide bonds. The van der Waals surface area contributed by atoms with E-state index in [1.54, 1.807) is 0 Å². The minimum Gasteiger partial charge on any atom is -0.347 e. The van der Waals surface area contributed by atoms with Crippen LogP contribution in [0.15, 0.2) is 33.6 Å². The number of nitrogens with one attached hydrogen (secondary N) is 1. The lowest BCUT2D eigenvalue weighted by Gasteiger charge is -2.07. The third-order valence-electron chi connectivity index (χ3n) is 1.71. The van der Waals surface area contributed by atoms with Gasteiger partial charge in [0.1, 0.15) is 0 Å². The van der Waals surface area contributed by atoms with Gasteiger partial charge in [0.25, 0.3) is 0 Å². The van der Waals surface area contributed by atoms with E-state index in [-0.39, 0.29) is 6.54 Å². The number of carbonyl (C=O) groups is 1. The van der Waals surface area contributed by atoms with Gasteiger partial charge in [-0.05, 0) is 18.2 Å². The molecule has 1 N–H and O–H groups in total. The van der Waals surface area contributed by atoms with Gasteiger partial charge in [-0.2, -0.15) is 13.2 Å². The van der Waals surface area contributed by atoms with E-state index in [9.17, 15) is 18.0 Å². The van der Waals surface area contributed by atoms with Gasteiger partial charge >= 0.3 is 12.1 Å². The van der Waals surface area contributed by atoms with Crippen molar-refractivity contribution in [1.29, 1.82) is 0 Å². The second-order valence-electron chi connectivity index (χ2n) is 3.06. The van der Waals surface area contributed by atoms with Gasteiger partial charge in [0.05, 0.1) is 0 Å². The predicted octanol–water partition coefficient (Wildman–Crippen LogP) is 3.22. The highest BCUT2D eigenvalue weighted by Crippen LogP contribution is 2.21. The Morgan fingerprint density at radius 1 is 1.41 bits per heavy atom. The van der Waals surface area contributed by atoms with E-state index in [0.29, 0.717) is 5.75 Å². The van der Waals surface area contributed by atoms with Crippen LogP contribution in [0.1, 0.15) is 0 Å². The molecule has 0 saturated heterocycles. The van der Waals surface area contributed by atoms with E-state index in [4.69, 9.17) is 0 Å². The Hall–Kier alpha value is -0.690. The van der Waals surface area contributed by atoms with Crippen LogP contribution in [0, 0.1) is 0 Å². The summed E-state index contributed by atoms with van der Waals surface area (Å²) in [6, 6.07) is 7.40. The summed E-state index contributed by atoms with van der Waals surface area (Å²) >= 11 is 4.66. The number of carbonyl (C=O) groups excluding carboxylic acids is 1. The topological polar surface area (TPSA) is 29.1 Å². The van der Waals surface area contributed by atoms with Crippen LogP contribution in [-0.4, -0.2) is 24.4 Å². The van der Waals surface area contributed by atoms with Gasteiger partial charge in [0.2, 0.25) is 0 Å². The van der Waals surface area contributed by atoms with Crippen molar-refractivity contribution < 1.29 is 18.0 Å². The summed E-state index contributed by atoms with van der Waals surface area (Å²) in [5, 5.41) is 1.81. The van der Waals surface area contributed by atoms with Gasteiger partial charge in [-0.3, -0.25) is 4.79 Å². The molecular weight excluding hydrogens is 319 g/mol. The molecule has 7 heteroatoms. The fraction of sp³-hybridized carbons (Fsp3) is 0.300. The van der Waals surface area contributed by atoms with Gasteiger partial charge in [0, 0.05) is 21.7 Å². The van der Waals surface area contributed by atoms with Crippen LogP contribution >= 0.6 is 27.7 Å². The highest BCUT2D eigenvalue weighted by molar-refractivity contribution is 9.10. The molecule has 0 aliphatic carbocycles. The molecule has 0 fully saturated rings. The largest absolute Gasteiger partial charge is 0.471 e. The Bertz CT molecular complexity index is 397. The fourth-order valence-corrected chi connectivity index (χ4v) is 2.37. The Labute approximate surface area is 109 Å². The second-order valence-corrected chi connectivity index (χ2v) is 5.14. The van der Waals surface area contributed by atoms with Crippen molar-refractivity contribution >= 4 is 33.6 Å². The van der Waals surface area contributed by atoms with Crippen LogP contribution < -0.4 is 5.32 Å². The smallest absolute Gasteiger partial charge is 0.347 e. The molecule has 0 radical (unpaired) electrons. The minimum absolute atomic E-state index is 0.0183.